The summed E-state index contributed by atoms with van der Waals surface area (Å²) in [5.41, 5.74) is 5.86. The molecule has 21 heavy (non-hydrogen) atoms. The van der Waals surface area contributed by atoms with Crippen molar-refractivity contribution in [1.82, 2.24) is 4.90 Å². The second kappa shape index (κ2) is 7.37. The molecule has 0 aliphatic carbocycles. The van der Waals surface area contributed by atoms with E-state index < -0.39 is 0 Å². The highest BCUT2D eigenvalue weighted by Gasteiger charge is 2.23. The number of methoxy groups -OCH3 is 2. The van der Waals surface area contributed by atoms with E-state index in [4.69, 9.17) is 20.4 Å². The summed E-state index contributed by atoms with van der Waals surface area (Å²) in [7, 11) is 3.01. The minimum absolute atomic E-state index is 0.0212. The zero-order valence-electron chi connectivity index (χ0n) is 12.7. The van der Waals surface area contributed by atoms with Crippen LogP contribution in [0, 0.1) is 0 Å². The number of rotatable bonds is 6. The van der Waals surface area contributed by atoms with Crippen LogP contribution < -0.4 is 15.2 Å². The molecule has 7 nitrogen and oxygen atoms in total. The molecule has 1 aromatic rings. The maximum atomic E-state index is 12.7. The van der Waals surface area contributed by atoms with Crippen LogP contribution in [0.5, 0.6) is 11.5 Å². The van der Waals surface area contributed by atoms with Gasteiger partial charge in [0, 0.05) is 6.04 Å². The van der Waals surface area contributed by atoms with Gasteiger partial charge in [0.2, 0.25) is 0 Å². The fourth-order valence-corrected chi connectivity index (χ4v) is 1.83. The van der Waals surface area contributed by atoms with Crippen molar-refractivity contribution in [2.45, 2.75) is 19.9 Å². The minimum Gasteiger partial charge on any atom is -0.497 e. The zero-order valence-corrected chi connectivity index (χ0v) is 12.7. The Kier molecular flexibility index (Phi) is 5.83. The van der Waals surface area contributed by atoms with E-state index in [1.807, 2.05) is 13.8 Å². The average molecular weight is 295 g/mol. The number of nitrogens with two attached hydrogens (primary N) is 1. The van der Waals surface area contributed by atoms with Gasteiger partial charge >= 0.3 is 0 Å². The Bertz CT molecular complexity index is 529. The second-order valence-electron chi connectivity index (χ2n) is 4.68. The summed E-state index contributed by atoms with van der Waals surface area (Å²) < 4.78 is 10.3. The van der Waals surface area contributed by atoms with E-state index in [1.165, 1.54) is 19.1 Å². The van der Waals surface area contributed by atoms with Crippen LogP contribution in [0.3, 0.4) is 0 Å². The number of nitrogens with zero attached hydrogens (tertiary/aromatic N) is 2. The lowest BCUT2D eigenvalue weighted by Crippen LogP contribution is -2.43. The van der Waals surface area contributed by atoms with E-state index in [1.54, 1.807) is 18.2 Å². The van der Waals surface area contributed by atoms with Crippen molar-refractivity contribution in [3.05, 3.63) is 23.8 Å². The standard InChI is InChI=1S/C14H21N3O4/c1-9(2)17(8-13(15)16-19)14(18)11-7-10(20-3)5-6-12(11)21-4/h5-7,9,19H,8H2,1-4H3,(H2,15,16). The first-order valence-corrected chi connectivity index (χ1v) is 6.44. The number of amidine groups is 1. The molecule has 7 heteroatoms. The number of ether oxygens (including phenoxy) is 2. The van der Waals surface area contributed by atoms with E-state index in [0.717, 1.165) is 0 Å². The summed E-state index contributed by atoms with van der Waals surface area (Å²) in [6.45, 7) is 3.71. The smallest absolute Gasteiger partial charge is 0.258 e. The van der Waals surface area contributed by atoms with Gasteiger partial charge in [-0.3, -0.25) is 4.79 Å². The van der Waals surface area contributed by atoms with Gasteiger partial charge in [0.1, 0.15) is 11.5 Å². The highest BCUT2D eigenvalue weighted by atomic mass is 16.5. The van der Waals surface area contributed by atoms with E-state index in [9.17, 15) is 4.79 Å². The first-order chi connectivity index (χ1) is 9.94. The summed E-state index contributed by atoms with van der Waals surface area (Å²) in [6, 6.07) is 4.84. The number of amides is 1. The predicted octanol–water partition coefficient (Wildman–Crippen LogP) is 1.30. The number of carbonyl (C=O) groups excluding carboxylic acids is 1. The van der Waals surface area contributed by atoms with Crippen LogP contribution in [0.15, 0.2) is 23.4 Å². The first kappa shape index (κ1) is 16.6. The molecule has 0 saturated carbocycles. The summed E-state index contributed by atoms with van der Waals surface area (Å²) in [5.74, 6) is 0.656. The highest BCUT2D eigenvalue weighted by Crippen LogP contribution is 2.25. The number of carbonyl (C=O) groups is 1. The van der Waals surface area contributed by atoms with Gasteiger partial charge in [0.15, 0.2) is 5.84 Å². The Balaban J connectivity index is 3.19. The average Bonchev–Trinajstić information content (AvgIpc) is 2.50. The molecular formula is C14H21N3O4. The van der Waals surface area contributed by atoms with Gasteiger partial charge in [-0.05, 0) is 32.0 Å². The second-order valence-corrected chi connectivity index (χ2v) is 4.68. The first-order valence-electron chi connectivity index (χ1n) is 6.44. The summed E-state index contributed by atoms with van der Waals surface area (Å²) in [4.78, 5) is 14.2. The molecule has 0 atom stereocenters. The monoisotopic (exact) mass is 295 g/mol. The van der Waals surface area contributed by atoms with Crippen LogP contribution in [0.4, 0.5) is 0 Å². The lowest BCUT2D eigenvalue weighted by molar-refractivity contribution is 0.0730. The summed E-state index contributed by atoms with van der Waals surface area (Å²) in [5, 5.41) is 11.6. The third kappa shape index (κ3) is 4.01. The van der Waals surface area contributed by atoms with Crippen molar-refractivity contribution in [1.29, 1.82) is 0 Å². The van der Waals surface area contributed by atoms with Crippen LogP contribution in [0.2, 0.25) is 0 Å². The lowest BCUT2D eigenvalue weighted by Gasteiger charge is -2.27. The molecule has 3 N–H and O–H groups in total. The molecule has 0 radical (unpaired) electrons. The van der Waals surface area contributed by atoms with Gasteiger partial charge in [-0.1, -0.05) is 5.16 Å². The Hall–Kier alpha value is -2.44. The Labute approximate surface area is 123 Å². The molecule has 116 valence electrons. The quantitative estimate of drug-likeness (QED) is 0.357. The molecule has 0 aliphatic heterocycles. The normalized spacial score (nSPS) is 11.4. The number of hydrogen-bond acceptors (Lipinski definition) is 5. The van der Waals surface area contributed by atoms with Crippen molar-refractivity contribution < 1.29 is 19.5 Å². The molecule has 0 aliphatic rings. The lowest BCUT2D eigenvalue weighted by atomic mass is 10.1. The van der Waals surface area contributed by atoms with Crippen molar-refractivity contribution in [3.8, 4) is 11.5 Å². The van der Waals surface area contributed by atoms with Crippen molar-refractivity contribution in [3.63, 3.8) is 0 Å². The topological polar surface area (TPSA) is 97.4 Å². The Morgan fingerprint density at radius 1 is 1.38 bits per heavy atom. The fourth-order valence-electron chi connectivity index (χ4n) is 1.83. The van der Waals surface area contributed by atoms with E-state index in [-0.39, 0.29) is 24.3 Å². The number of hydrogen-bond donors (Lipinski definition) is 2. The molecule has 0 spiro atoms. The number of oxime groups is 1. The zero-order chi connectivity index (χ0) is 16.0. The van der Waals surface area contributed by atoms with E-state index in [2.05, 4.69) is 5.16 Å². The fraction of sp³-hybridized carbons (Fsp3) is 0.429. The largest absolute Gasteiger partial charge is 0.497 e. The minimum atomic E-state index is -0.285. The molecule has 0 saturated heterocycles. The van der Waals surface area contributed by atoms with Gasteiger partial charge in [0.05, 0.1) is 26.3 Å². The Morgan fingerprint density at radius 3 is 2.52 bits per heavy atom. The molecule has 0 fully saturated rings. The molecule has 0 heterocycles. The SMILES string of the molecule is COc1ccc(OC)c(C(=O)N(CC(N)=NO)C(C)C)c1. The molecular weight excluding hydrogens is 274 g/mol. The van der Waals surface area contributed by atoms with Crippen LogP contribution in [-0.4, -0.2) is 48.7 Å². The van der Waals surface area contributed by atoms with Crippen molar-refractivity contribution >= 4 is 11.7 Å². The molecule has 0 bridgehead atoms. The molecule has 0 unspecified atom stereocenters. The van der Waals surface area contributed by atoms with Gasteiger partial charge < -0.3 is 25.3 Å². The van der Waals surface area contributed by atoms with Crippen LogP contribution in [0.1, 0.15) is 24.2 Å². The third-order valence-corrected chi connectivity index (χ3v) is 2.98. The van der Waals surface area contributed by atoms with E-state index >= 15 is 0 Å². The van der Waals surface area contributed by atoms with Gasteiger partial charge in [-0.25, -0.2) is 0 Å². The maximum Gasteiger partial charge on any atom is 0.258 e. The van der Waals surface area contributed by atoms with Gasteiger partial charge in [-0.2, -0.15) is 0 Å². The molecule has 0 aromatic heterocycles. The predicted molar refractivity (Wildman–Crippen MR) is 79.1 cm³/mol. The highest BCUT2D eigenvalue weighted by molar-refractivity contribution is 5.99. The summed E-state index contributed by atoms with van der Waals surface area (Å²) >= 11 is 0. The van der Waals surface area contributed by atoms with Gasteiger partial charge in [0.25, 0.3) is 5.91 Å². The third-order valence-electron chi connectivity index (χ3n) is 2.98. The van der Waals surface area contributed by atoms with Crippen LogP contribution in [0.25, 0.3) is 0 Å². The van der Waals surface area contributed by atoms with Crippen LogP contribution in [-0.2, 0) is 0 Å². The van der Waals surface area contributed by atoms with Gasteiger partial charge in [-0.15, -0.1) is 0 Å². The summed E-state index contributed by atoms with van der Waals surface area (Å²) in [6.07, 6.45) is 0. The van der Waals surface area contributed by atoms with Crippen LogP contribution >= 0.6 is 0 Å². The van der Waals surface area contributed by atoms with E-state index in [0.29, 0.717) is 17.1 Å². The Morgan fingerprint density at radius 2 is 2.05 bits per heavy atom. The van der Waals surface area contributed by atoms with Crippen molar-refractivity contribution in [2.24, 2.45) is 10.9 Å². The molecule has 1 amide bonds. The number of benzene rings is 1. The maximum absolute atomic E-state index is 12.7. The molecule has 1 aromatic carbocycles. The molecule has 1 rings (SSSR count). The van der Waals surface area contributed by atoms with Crippen molar-refractivity contribution in [2.75, 3.05) is 20.8 Å².